The second kappa shape index (κ2) is 2.65. The molecule has 1 saturated heterocycles. The molecular formula is C6H13NS. The maximum Gasteiger partial charge on any atom is 0.0627 e. The first-order valence-corrected chi connectivity index (χ1v) is 4.55. The molecule has 8 heavy (non-hydrogen) atoms. The fraction of sp³-hybridized carbons (Fsp3) is 0.667. The summed E-state index contributed by atoms with van der Waals surface area (Å²) in [5.74, 6) is 5.30. The van der Waals surface area contributed by atoms with Crippen LogP contribution in [0.5, 0.6) is 0 Å². The van der Waals surface area contributed by atoms with Gasteiger partial charge in [0, 0.05) is 5.75 Å². The monoisotopic (exact) mass is 131 g/mol. The molecular weight excluding hydrogens is 118 g/mol. The van der Waals surface area contributed by atoms with Crippen molar-refractivity contribution in [3.8, 4) is 0 Å². The van der Waals surface area contributed by atoms with Crippen LogP contribution in [0.2, 0.25) is 0 Å². The first-order valence-electron chi connectivity index (χ1n) is 2.99. The van der Waals surface area contributed by atoms with Crippen molar-refractivity contribution < 1.29 is 4.31 Å². The average Bonchev–Trinajstić information content (AvgIpc) is 1.77. The topological polar surface area (TPSA) is 4.44 Å². The number of nitrogens with one attached hydrogen (secondary N) is 1. The molecule has 0 amide bonds. The lowest BCUT2D eigenvalue weighted by molar-refractivity contribution is -0.704. The second-order valence-electron chi connectivity index (χ2n) is 2.19. The lowest BCUT2D eigenvalue weighted by Gasteiger charge is -2.27. The predicted octanol–water partition coefficient (Wildman–Crippen LogP) is 0.0726. The van der Waals surface area contributed by atoms with Crippen molar-refractivity contribution in [2.24, 2.45) is 0 Å². The average molecular weight is 131 g/mol. The molecule has 1 fully saturated rings. The summed E-state index contributed by atoms with van der Waals surface area (Å²) in [7, 11) is 4.27. The Morgan fingerprint density at radius 3 is 2.62 bits per heavy atom. The Hall–Kier alpha value is 0.180. The molecule has 1 heterocycles. The third-order valence-corrected chi connectivity index (χ3v) is 3.31. The molecule has 0 aromatic carbocycles. The van der Waals surface area contributed by atoms with E-state index in [2.05, 4.69) is 12.9 Å². The van der Waals surface area contributed by atoms with Gasteiger partial charge >= 0.3 is 0 Å². The zero-order valence-corrected chi connectivity index (χ0v) is 5.97. The predicted molar refractivity (Wildman–Crippen MR) is 40.0 cm³/mol. The van der Waals surface area contributed by atoms with Gasteiger partial charge in [0.1, 0.15) is 0 Å². The van der Waals surface area contributed by atoms with Gasteiger partial charge in [-0.3, -0.25) is 0 Å². The first kappa shape index (κ1) is 6.30. The number of quaternary nitrogens is 1. The normalized spacial score (nSPS) is 39.6. The van der Waals surface area contributed by atoms with Gasteiger partial charge in [0.05, 0.1) is 6.54 Å². The largest absolute Gasteiger partial charge is 0.414 e. The molecule has 2 heteroatoms. The summed E-state index contributed by atoms with van der Waals surface area (Å²) in [4.78, 5) is 0. The van der Waals surface area contributed by atoms with Crippen LogP contribution in [0.3, 0.4) is 0 Å². The summed E-state index contributed by atoms with van der Waals surface area (Å²) >= 11 is 0. The van der Waals surface area contributed by atoms with Gasteiger partial charge in [-0.15, -0.1) is 7.05 Å². The molecule has 1 rings (SSSR count). The van der Waals surface area contributed by atoms with E-state index in [0.29, 0.717) is 10.7 Å². The van der Waals surface area contributed by atoms with Crippen molar-refractivity contribution in [2.75, 3.05) is 12.3 Å². The van der Waals surface area contributed by atoms with Crippen LogP contribution in [-0.4, -0.2) is 18.2 Å². The minimum atomic E-state index is 0.321. The van der Waals surface area contributed by atoms with Crippen LogP contribution < -0.4 is 4.31 Å². The van der Waals surface area contributed by atoms with Gasteiger partial charge in [-0.1, -0.05) is 0 Å². The smallest absolute Gasteiger partial charge is 0.0627 e. The van der Waals surface area contributed by atoms with Crippen molar-refractivity contribution in [1.29, 1.82) is 0 Å². The van der Waals surface area contributed by atoms with E-state index in [1.165, 1.54) is 29.4 Å². The maximum atomic E-state index is 4.01. The summed E-state index contributed by atoms with van der Waals surface area (Å²) in [6.45, 7) is 1.23. The van der Waals surface area contributed by atoms with Crippen molar-refractivity contribution in [3.63, 3.8) is 0 Å². The molecule has 0 bridgehead atoms. The Kier molecular flexibility index (Phi) is 2.08. The van der Waals surface area contributed by atoms with E-state index < -0.39 is 0 Å². The highest BCUT2D eigenvalue weighted by Gasteiger charge is 2.06. The summed E-state index contributed by atoms with van der Waals surface area (Å²) in [6, 6.07) is 0. The first-order chi connectivity index (χ1) is 3.80. The minimum absolute atomic E-state index is 0.321. The van der Waals surface area contributed by atoms with Crippen LogP contribution in [0.4, 0.5) is 0 Å². The molecule has 1 aliphatic heterocycles. The molecule has 2 atom stereocenters. The fourth-order valence-corrected chi connectivity index (χ4v) is 2.16. The molecule has 0 saturated carbocycles. The van der Waals surface area contributed by atoms with E-state index >= 15 is 0 Å². The lowest BCUT2D eigenvalue weighted by atomic mass is 10.3. The Morgan fingerprint density at radius 2 is 2.25 bits per heavy atom. The second-order valence-corrected chi connectivity index (χ2v) is 4.16. The van der Waals surface area contributed by atoms with E-state index in [-0.39, 0.29) is 0 Å². The van der Waals surface area contributed by atoms with Gasteiger partial charge in [0.25, 0.3) is 0 Å². The lowest BCUT2D eigenvalue weighted by Crippen LogP contribution is -3.02. The molecule has 1 nitrogen and oxygen atoms in total. The summed E-state index contributed by atoms with van der Waals surface area (Å²) in [6.07, 6.45) is 2.71. The van der Waals surface area contributed by atoms with Gasteiger partial charge < -0.3 is 4.31 Å². The zero-order chi connectivity index (χ0) is 5.98. The SMILES string of the molecule is C=S1CCCC[NH+]1[CH2-]. The molecule has 1 N–H and O–H groups in total. The highest BCUT2D eigenvalue weighted by Crippen LogP contribution is 2.05. The molecule has 0 radical (unpaired) electrons. The fourth-order valence-electron chi connectivity index (χ4n) is 0.887. The molecule has 2 unspecified atom stereocenters. The Labute approximate surface area is 53.7 Å². The van der Waals surface area contributed by atoms with Crippen molar-refractivity contribution in [1.82, 2.24) is 0 Å². The highest BCUT2D eigenvalue weighted by molar-refractivity contribution is 8.08. The molecule has 0 spiro atoms. The van der Waals surface area contributed by atoms with Gasteiger partial charge in [0.15, 0.2) is 0 Å². The van der Waals surface area contributed by atoms with E-state index in [0.717, 1.165) is 0 Å². The molecule has 0 aromatic rings. The maximum absolute atomic E-state index is 4.01. The van der Waals surface area contributed by atoms with E-state index in [4.69, 9.17) is 0 Å². The van der Waals surface area contributed by atoms with Crippen LogP contribution in [0, 0.1) is 7.05 Å². The van der Waals surface area contributed by atoms with Gasteiger partial charge in [-0.05, 0) is 29.4 Å². The van der Waals surface area contributed by atoms with Crippen LogP contribution in [0.1, 0.15) is 12.8 Å². The molecule has 0 aliphatic carbocycles. The van der Waals surface area contributed by atoms with Crippen LogP contribution >= 0.6 is 10.7 Å². The van der Waals surface area contributed by atoms with Crippen molar-refractivity contribution in [3.05, 3.63) is 7.05 Å². The number of rotatable bonds is 0. The summed E-state index contributed by atoms with van der Waals surface area (Å²) < 4.78 is 1.39. The van der Waals surface area contributed by atoms with Crippen LogP contribution in [-0.2, 0) is 0 Å². The number of hydrogen-bond acceptors (Lipinski definition) is 0. The van der Waals surface area contributed by atoms with E-state index in [1.54, 1.807) is 0 Å². The van der Waals surface area contributed by atoms with Gasteiger partial charge in [0.2, 0.25) is 0 Å². The highest BCUT2D eigenvalue weighted by atomic mass is 32.2. The Balaban J connectivity index is 2.39. The van der Waals surface area contributed by atoms with E-state index in [9.17, 15) is 0 Å². The van der Waals surface area contributed by atoms with Crippen LogP contribution in [0.25, 0.3) is 0 Å². The molecule has 1 aliphatic rings. The third-order valence-electron chi connectivity index (χ3n) is 1.50. The van der Waals surface area contributed by atoms with Crippen molar-refractivity contribution >= 4 is 16.5 Å². The van der Waals surface area contributed by atoms with Gasteiger partial charge in [-0.25, -0.2) is 0 Å². The molecule has 48 valence electrons. The quantitative estimate of drug-likeness (QED) is 0.350. The summed E-state index contributed by atoms with van der Waals surface area (Å²) in [5.41, 5.74) is 0. The standard InChI is InChI=1S/C6H13NS/c1-7-5-3-4-6-8(7)2/h7H,1-6H2. The van der Waals surface area contributed by atoms with E-state index in [1.807, 2.05) is 0 Å². The number of hydrogen-bond donors (Lipinski definition) is 1. The molecule has 0 aromatic heterocycles. The summed E-state index contributed by atoms with van der Waals surface area (Å²) in [5, 5.41) is 0. The van der Waals surface area contributed by atoms with Crippen LogP contribution in [0.15, 0.2) is 0 Å². The van der Waals surface area contributed by atoms with Gasteiger partial charge in [-0.2, -0.15) is 0 Å². The van der Waals surface area contributed by atoms with Crippen molar-refractivity contribution in [2.45, 2.75) is 12.8 Å². The Morgan fingerprint density at radius 1 is 1.50 bits per heavy atom. The third kappa shape index (κ3) is 1.33. The minimum Gasteiger partial charge on any atom is -0.414 e. The Bertz CT molecular complexity index is 101. The zero-order valence-electron chi connectivity index (χ0n) is 5.15.